The van der Waals surface area contributed by atoms with E-state index in [0.29, 0.717) is 41.3 Å². The smallest absolute Gasteiger partial charge is 0.414 e. The summed E-state index contributed by atoms with van der Waals surface area (Å²) in [6.45, 7) is 2.23. The molecule has 8 nitrogen and oxygen atoms in total. The highest BCUT2D eigenvalue weighted by Gasteiger charge is 2.26. The number of ether oxygens (including phenoxy) is 1. The van der Waals surface area contributed by atoms with Crippen LogP contribution >= 0.6 is 0 Å². The van der Waals surface area contributed by atoms with E-state index in [9.17, 15) is 14.4 Å². The van der Waals surface area contributed by atoms with Gasteiger partial charge in [0.05, 0.1) is 28.8 Å². The predicted octanol–water partition coefficient (Wildman–Crippen LogP) is 2.30. The van der Waals surface area contributed by atoms with Crippen molar-refractivity contribution >= 4 is 34.3 Å². The van der Waals surface area contributed by atoms with Gasteiger partial charge in [0.1, 0.15) is 19.0 Å². The number of para-hydroxylation sites is 3. The number of hydrogen-bond donors (Lipinski definition) is 1. The first kappa shape index (κ1) is 17.7. The van der Waals surface area contributed by atoms with Crippen LogP contribution in [0.15, 0.2) is 53.3 Å². The third-order valence-corrected chi connectivity index (χ3v) is 4.58. The molecule has 1 fully saturated rings. The third-order valence-electron chi connectivity index (χ3n) is 4.58. The fraction of sp³-hybridized carbons (Fsp3) is 0.200. The predicted molar refractivity (Wildman–Crippen MR) is 105 cm³/mol. The van der Waals surface area contributed by atoms with Crippen molar-refractivity contribution in [1.82, 2.24) is 9.55 Å². The number of cyclic esters (lactones) is 1. The van der Waals surface area contributed by atoms with Gasteiger partial charge in [-0.25, -0.2) is 9.78 Å². The lowest BCUT2D eigenvalue weighted by Crippen LogP contribution is -2.31. The van der Waals surface area contributed by atoms with Crippen molar-refractivity contribution in [2.45, 2.75) is 13.5 Å². The van der Waals surface area contributed by atoms with E-state index >= 15 is 0 Å². The van der Waals surface area contributed by atoms with Crippen molar-refractivity contribution in [2.75, 3.05) is 23.4 Å². The molecule has 1 aliphatic heterocycles. The van der Waals surface area contributed by atoms with Crippen molar-refractivity contribution in [3.63, 3.8) is 0 Å². The van der Waals surface area contributed by atoms with Gasteiger partial charge in [-0.15, -0.1) is 0 Å². The summed E-state index contributed by atoms with van der Waals surface area (Å²) in [6, 6.07) is 14.0. The van der Waals surface area contributed by atoms with Gasteiger partial charge in [0.2, 0.25) is 5.91 Å². The topological polar surface area (TPSA) is 93.5 Å². The van der Waals surface area contributed by atoms with Crippen LogP contribution in [0.2, 0.25) is 0 Å². The molecule has 1 aliphatic rings. The Bertz CT molecular complexity index is 1140. The number of hydrogen-bond acceptors (Lipinski definition) is 5. The van der Waals surface area contributed by atoms with Crippen LogP contribution in [-0.4, -0.2) is 34.7 Å². The van der Waals surface area contributed by atoms with E-state index in [1.54, 1.807) is 49.4 Å². The minimum atomic E-state index is -0.451. The van der Waals surface area contributed by atoms with Crippen molar-refractivity contribution in [1.29, 1.82) is 0 Å². The van der Waals surface area contributed by atoms with E-state index in [0.717, 1.165) is 0 Å². The zero-order valence-corrected chi connectivity index (χ0v) is 15.2. The van der Waals surface area contributed by atoms with Crippen molar-refractivity contribution < 1.29 is 14.3 Å². The normalized spacial score (nSPS) is 13.6. The van der Waals surface area contributed by atoms with Gasteiger partial charge in [0.15, 0.2) is 0 Å². The van der Waals surface area contributed by atoms with E-state index in [4.69, 9.17) is 4.74 Å². The average molecular weight is 378 g/mol. The summed E-state index contributed by atoms with van der Waals surface area (Å²) in [6.07, 6.45) is -0.451. The molecule has 0 atom stereocenters. The van der Waals surface area contributed by atoms with Crippen LogP contribution in [0.3, 0.4) is 0 Å². The van der Waals surface area contributed by atoms with Gasteiger partial charge in [-0.1, -0.05) is 24.3 Å². The fourth-order valence-electron chi connectivity index (χ4n) is 3.23. The molecule has 2 heterocycles. The number of benzene rings is 2. The number of carbonyl (C=O) groups excluding carboxylic acids is 2. The van der Waals surface area contributed by atoms with E-state index < -0.39 is 6.09 Å². The number of aromatic nitrogens is 2. The van der Waals surface area contributed by atoms with Gasteiger partial charge in [-0.2, -0.15) is 0 Å². The molecule has 0 aliphatic carbocycles. The Hall–Kier alpha value is -3.68. The molecule has 1 N–H and O–H groups in total. The first-order chi connectivity index (χ1) is 13.5. The lowest BCUT2D eigenvalue weighted by molar-refractivity contribution is -0.116. The SMILES string of the molecule is Cc1nc2ccccc2c(=O)n1CC(=O)Nc1ccccc1N1CCOC1=O. The lowest BCUT2D eigenvalue weighted by Gasteiger charge is -2.18. The van der Waals surface area contributed by atoms with E-state index in [1.807, 2.05) is 6.07 Å². The number of aryl methyl sites for hydroxylation is 1. The number of nitrogens with one attached hydrogen (secondary N) is 1. The summed E-state index contributed by atoms with van der Waals surface area (Å²) in [4.78, 5) is 43.1. The Kier molecular flexibility index (Phi) is 4.52. The summed E-state index contributed by atoms with van der Waals surface area (Å²) in [5, 5.41) is 3.24. The highest BCUT2D eigenvalue weighted by Crippen LogP contribution is 2.28. The third kappa shape index (κ3) is 3.20. The molecule has 1 saturated heterocycles. The summed E-state index contributed by atoms with van der Waals surface area (Å²) in [5.74, 6) is 0.0672. The fourth-order valence-corrected chi connectivity index (χ4v) is 3.23. The Morgan fingerprint density at radius 2 is 1.89 bits per heavy atom. The van der Waals surface area contributed by atoms with Crippen LogP contribution in [0, 0.1) is 6.92 Å². The number of fused-ring (bicyclic) bond motifs is 1. The van der Waals surface area contributed by atoms with Crippen molar-refractivity contribution in [3.05, 3.63) is 64.7 Å². The van der Waals surface area contributed by atoms with Crippen LogP contribution in [0.4, 0.5) is 16.2 Å². The Morgan fingerprint density at radius 3 is 2.68 bits per heavy atom. The lowest BCUT2D eigenvalue weighted by atomic mass is 10.2. The van der Waals surface area contributed by atoms with Gasteiger partial charge < -0.3 is 10.1 Å². The maximum absolute atomic E-state index is 12.7. The van der Waals surface area contributed by atoms with Crippen LogP contribution in [-0.2, 0) is 16.1 Å². The average Bonchev–Trinajstić information content (AvgIpc) is 3.11. The summed E-state index contributed by atoms with van der Waals surface area (Å²) in [5.41, 5.74) is 1.36. The van der Waals surface area contributed by atoms with Crippen molar-refractivity contribution in [3.8, 4) is 0 Å². The second kappa shape index (κ2) is 7.15. The minimum Gasteiger partial charge on any atom is -0.447 e. The van der Waals surface area contributed by atoms with Gasteiger partial charge in [-0.05, 0) is 31.2 Å². The van der Waals surface area contributed by atoms with Gasteiger partial charge in [0, 0.05) is 0 Å². The quantitative estimate of drug-likeness (QED) is 0.752. The molecular weight excluding hydrogens is 360 g/mol. The molecule has 2 amide bonds. The Labute approximate surface area is 160 Å². The Morgan fingerprint density at radius 1 is 1.14 bits per heavy atom. The van der Waals surface area contributed by atoms with Gasteiger partial charge >= 0.3 is 6.09 Å². The number of nitrogens with zero attached hydrogens (tertiary/aromatic N) is 3. The van der Waals surface area contributed by atoms with E-state index in [2.05, 4.69) is 10.3 Å². The highest BCUT2D eigenvalue weighted by atomic mass is 16.6. The molecule has 28 heavy (non-hydrogen) atoms. The summed E-state index contributed by atoms with van der Waals surface area (Å²) < 4.78 is 6.31. The van der Waals surface area contributed by atoms with E-state index in [1.165, 1.54) is 9.47 Å². The second-order valence-corrected chi connectivity index (χ2v) is 6.40. The first-order valence-corrected chi connectivity index (χ1v) is 8.84. The molecule has 142 valence electrons. The minimum absolute atomic E-state index is 0.179. The molecule has 3 aromatic rings. The monoisotopic (exact) mass is 378 g/mol. The zero-order valence-electron chi connectivity index (χ0n) is 15.2. The highest BCUT2D eigenvalue weighted by molar-refractivity contribution is 5.99. The number of anilines is 2. The largest absolute Gasteiger partial charge is 0.447 e. The molecule has 0 bridgehead atoms. The first-order valence-electron chi connectivity index (χ1n) is 8.84. The molecular formula is C20H18N4O4. The van der Waals surface area contributed by atoms with Crippen molar-refractivity contribution in [2.24, 2.45) is 0 Å². The van der Waals surface area contributed by atoms with Crippen LogP contribution in [0.25, 0.3) is 10.9 Å². The molecule has 8 heteroatoms. The molecule has 4 rings (SSSR count). The molecule has 0 unspecified atom stereocenters. The number of rotatable bonds is 4. The molecule has 1 aromatic heterocycles. The van der Waals surface area contributed by atoms with Gasteiger partial charge in [0.25, 0.3) is 5.56 Å². The van der Waals surface area contributed by atoms with Gasteiger partial charge in [-0.3, -0.25) is 19.1 Å². The maximum atomic E-state index is 12.7. The number of amides is 2. The van der Waals surface area contributed by atoms with Crippen LogP contribution in [0.1, 0.15) is 5.82 Å². The zero-order chi connectivity index (χ0) is 19.7. The molecule has 0 radical (unpaired) electrons. The van der Waals surface area contributed by atoms with Crippen LogP contribution < -0.4 is 15.8 Å². The second-order valence-electron chi connectivity index (χ2n) is 6.40. The summed E-state index contributed by atoms with van der Waals surface area (Å²) in [7, 11) is 0. The maximum Gasteiger partial charge on any atom is 0.414 e. The number of carbonyl (C=O) groups is 2. The molecule has 0 saturated carbocycles. The Balaban J connectivity index is 1.60. The molecule has 0 spiro atoms. The summed E-state index contributed by atoms with van der Waals surface area (Å²) >= 11 is 0. The standard InChI is InChI=1S/C20H18N4O4/c1-13-21-15-7-3-2-6-14(15)19(26)24(13)12-18(25)22-16-8-4-5-9-17(16)23-10-11-28-20(23)27/h2-9H,10-12H2,1H3,(H,22,25). The van der Waals surface area contributed by atoms with E-state index in [-0.39, 0.29) is 18.0 Å². The van der Waals surface area contributed by atoms with Crippen LogP contribution in [0.5, 0.6) is 0 Å². The molecule has 2 aromatic carbocycles.